The Balaban J connectivity index is 1.39. The monoisotopic (exact) mass is 385 g/mol. The van der Waals surface area contributed by atoms with Crippen molar-refractivity contribution in [2.24, 2.45) is 0 Å². The fourth-order valence-corrected chi connectivity index (χ4v) is 3.52. The van der Waals surface area contributed by atoms with E-state index in [1.807, 2.05) is 12.1 Å². The number of carbonyl (C=O) groups is 1. The van der Waals surface area contributed by atoms with Crippen molar-refractivity contribution in [3.8, 4) is 5.75 Å². The Morgan fingerprint density at radius 1 is 1.14 bits per heavy atom. The van der Waals surface area contributed by atoms with Crippen LogP contribution in [-0.4, -0.2) is 50.8 Å². The number of piperazine rings is 1. The second kappa shape index (κ2) is 8.16. The van der Waals surface area contributed by atoms with Crippen LogP contribution in [0.25, 0.3) is 0 Å². The lowest BCUT2D eigenvalue weighted by atomic mass is 10.1. The zero-order chi connectivity index (χ0) is 19.5. The van der Waals surface area contributed by atoms with Crippen molar-refractivity contribution in [3.05, 3.63) is 58.9 Å². The van der Waals surface area contributed by atoms with Gasteiger partial charge in [-0.25, -0.2) is 4.39 Å². The number of fused-ring (bicyclic) bond motifs is 1. The number of amides is 1. The normalized spacial score (nSPS) is 17.0. The molecule has 0 atom stereocenters. The summed E-state index contributed by atoms with van der Waals surface area (Å²) in [5.41, 5.74) is 2.93. The number of rotatable bonds is 4. The van der Waals surface area contributed by atoms with Crippen molar-refractivity contribution in [2.45, 2.75) is 13.2 Å². The predicted octanol–water partition coefficient (Wildman–Crippen LogP) is 2.37. The van der Waals surface area contributed by atoms with Crippen LogP contribution in [0.5, 0.6) is 5.75 Å². The van der Waals surface area contributed by atoms with E-state index in [1.54, 1.807) is 0 Å². The third kappa shape index (κ3) is 4.10. The predicted molar refractivity (Wildman–Crippen MR) is 104 cm³/mol. The molecule has 2 aromatic carbocycles. The summed E-state index contributed by atoms with van der Waals surface area (Å²) in [6.07, 6.45) is 0. The van der Waals surface area contributed by atoms with E-state index in [1.165, 1.54) is 17.8 Å². The SMILES string of the molecule is CN1CCN(c2ccc(CNC(=O)c3cc(F)cc4c3OCOC4)cc2)CC1. The molecule has 6 nitrogen and oxygen atoms in total. The molecule has 0 unspecified atom stereocenters. The van der Waals surface area contributed by atoms with E-state index in [-0.39, 0.29) is 24.9 Å². The molecule has 1 saturated heterocycles. The molecule has 1 fully saturated rings. The molecule has 0 aliphatic carbocycles. The number of hydrogen-bond donors (Lipinski definition) is 1. The fraction of sp³-hybridized carbons (Fsp3) is 0.381. The van der Waals surface area contributed by atoms with Gasteiger partial charge in [-0.1, -0.05) is 12.1 Å². The average molecular weight is 385 g/mol. The van der Waals surface area contributed by atoms with Crippen LogP contribution >= 0.6 is 0 Å². The van der Waals surface area contributed by atoms with Crippen molar-refractivity contribution in [1.82, 2.24) is 10.2 Å². The van der Waals surface area contributed by atoms with Crippen LogP contribution in [0, 0.1) is 5.82 Å². The molecule has 4 rings (SSSR count). The second-order valence-corrected chi connectivity index (χ2v) is 7.19. The minimum absolute atomic E-state index is 0.0622. The molecule has 148 valence electrons. The highest BCUT2D eigenvalue weighted by atomic mass is 19.1. The van der Waals surface area contributed by atoms with E-state index < -0.39 is 5.82 Å². The number of nitrogens with zero attached hydrogens (tertiary/aromatic N) is 2. The summed E-state index contributed by atoms with van der Waals surface area (Å²) in [7, 11) is 2.14. The first-order valence-corrected chi connectivity index (χ1v) is 9.44. The molecule has 1 N–H and O–H groups in total. The lowest BCUT2D eigenvalue weighted by molar-refractivity contribution is -0.0170. The van der Waals surface area contributed by atoms with E-state index in [4.69, 9.17) is 9.47 Å². The van der Waals surface area contributed by atoms with Crippen molar-refractivity contribution in [1.29, 1.82) is 0 Å². The maximum Gasteiger partial charge on any atom is 0.255 e. The molecule has 2 aromatic rings. The fourth-order valence-electron chi connectivity index (χ4n) is 3.52. The minimum Gasteiger partial charge on any atom is -0.466 e. The van der Waals surface area contributed by atoms with Gasteiger partial charge < -0.3 is 24.6 Å². The number of likely N-dealkylation sites (N-methyl/N-ethyl adjacent to an activating group) is 1. The molecule has 28 heavy (non-hydrogen) atoms. The van der Waals surface area contributed by atoms with Crippen LogP contribution in [0.1, 0.15) is 21.5 Å². The molecule has 0 radical (unpaired) electrons. The van der Waals surface area contributed by atoms with Crippen molar-refractivity contribution in [2.75, 3.05) is 44.9 Å². The molecule has 2 heterocycles. The highest BCUT2D eigenvalue weighted by Crippen LogP contribution is 2.29. The van der Waals surface area contributed by atoms with E-state index in [0.29, 0.717) is 17.9 Å². The van der Waals surface area contributed by atoms with E-state index >= 15 is 0 Å². The van der Waals surface area contributed by atoms with Gasteiger partial charge in [0.1, 0.15) is 11.6 Å². The summed E-state index contributed by atoms with van der Waals surface area (Å²) in [5, 5.41) is 2.85. The van der Waals surface area contributed by atoms with Crippen molar-refractivity contribution < 1.29 is 18.7 Å². The topological polar surface area (TPSA) is 54.0 Å². The van der Waals surface area contributed by atoms with Crippen LogP contribution in [0.15, 0.2) is 36.4 Å². The molecular formula is C21H24FN3O3. The number of halogens is 1. The second-order valence-electron chi connectivity index (χ2n) is 7.19. The molecule has 0 aromatic heterocycles. The van der Waals surface area contributed by atoms with Gasteiger partial charge in [0, 0.05) is 44.0 Å². The van der Waals surface area contributed by atoms with Gasteiger partial charge in [0.2, 0.25) is 0 Å². The van der Waals surface area contributed by atoms with Crippen LogP contribution in [0.2, 0.25) is 0 Å². The maximum atomic E-state index is 13.8. The molecule has 0 spiro atoms. The Morgan fingerprint density at radius 2 is 1.89 bits per heavy atom. The number of benzene rings is 2. The lowest BCUT2D eigenvalue weighted by Crippen LogP contribution is -2.44. The van der Waals surface area contributed by atoms with E-state index in [0.717, 1.165) is 31.7 Å². The van der Waals surface area contributed by atoms with Gasteiger partial charge in [0.25, 0.3) is 5.91 Å². The third-order valence-electron chi connectivity index (χ3n) is 5.18. The first kappa shape index (κ1) is 18.7. The van der Waals surface area contributed by atoms with Gasteiger partial charge in [-0.2, -0.15) is 0 Å². The Labute approximate surface area is 163 Å². The average Bonchev–Trinajstić information content (AvgIpc) is 2.72. The molecule has 0 bridgehead atoms. The van der Waals surface area contributed by atoms with Gasteiger partial charge in [-0.15, -0.1) is 0 Å². The summed E-state index contributed by atoms with van der Waals surface area (Å²) in [6, 6.07) is 10.7. The van der Waals surface area contributed by atoms with Crippen LogP contribution in [0.4, 0.5) is 10.1 Å². The summed E-state index contributed by atoms with van der Waals surface area (Å²) in [5.74, 6) is -0.439. The quantitative estimate of drug-likeness (QED) is 0.876. The van der Waals surface area contributed by atoms with Gasteiger partial charge in [0.15, 0.2) is 6.79 Å². The molecular weight excluding hydrogens is 361 g/mol. The van der Waals surface area contributed by atoms with Crippen LogP contribution < -0.4 is 15.0 Å². The van der Waals surface area contributed by atoms with Crippen molar-refractivity contribution in [3.63, 3.8) is 0 Å². The van der Waals surface area contributed by atoms with Gasteiger partial charge >= 0.3 is 0 Å². The first-order valence-electron chi connectivity index (χ1n) is 9.44. The third-order valence-corrected chi connectivity index (χ3v) is 5.18. The zero-order valence-electron chi connectivity index (χ0n) is 15.9. The first-order chi connectivity index (χ1) is 13.6. The molecule has 0 saturated carbocycles. The minimum atomic E-state index is -0.477. The molecule has 7 heteroatoms. The standard InChI is InChI=1S/C21H24FN3O3/c1-24-6-8-25(9-7-24)18-4-2-15(3-5-18)12-23-21(26)19-11-17(22)10-16-13-27-14-28-20(16)19/h2-5,10-11H,6-9,12-14H2,1H3,(H,23,26). The van der Waals surface area contributed by atoms with E-state index in [9.17, 15) is 9.18 Å². The largest absolute Gasteiger partial charge is 0.466 e. The molecule has 2 aliphatic heterocycles. The molecule has 1 amide bonds. The Kier molecular flexibility index (Phi) is 5.45. The number of hydrogen-bond acceptors (Lipinski definition) is 5. The van der Waals surface area contributed by atoms with Crippen LogP contribution in [-0.2, 0) is 17.9 Å². The summed E-state index contributed by atoms with van der Waals surface area (Å²) in [4.78, 5) is 17.3. The Bertz CT molecular complexity index is 849. The number of anilines is 1. The highest BCUT2D eigenvalue weighted by Gasteiger charge is 2.21. The van der Waals surface area contributed by atoms with Gasteiger partial charge in [-0.05, 0) is 36.9 Å². The molecule has 2 aliphatic rings. The van der Waals surface area contributed by atoms with Gasteiger partial charge in [-0.3, -0.25) is 4.79 Å². The summed E-state index contributed by atoms with van der Waals surface area (Å²) in [6.45, 7) is 4.81. The number of ether oxygens (including phenoxy) is 2. The van der Waals surface area contributed by atoms with Crippen LogP contribution in [0.3, 0.4) is 0 Å². The zero-order valence-corrected chi connectivity index (χ0v) is 15.9. The van der Waals surface area contributed by atoms with E-state index in [2.05, 4.69) is 34.3 Å². The number of carbonyl (C=O) groups excluding carboxylic acids is 1. The summed E-state index contributed by atoms with van der Waals surface area (Å²) < 4.78 is 24.4. The Morgan fingerprint density at radius 3 is 2.64 bits per heavy atom. The number of nitrogens with one attached hydrogen (secondary N) is 1. The Hall–Kier alpha value is -2.64. The smallest absolute Gasteiger partial charge is 0.255 e. The lowest BCUT2D eigenvalue weighted by Gasteiger charge is -2.34. The summed E-state index contributed by atoms with van der Waals surface area (Å²) >= 11 is 0. The highest BCUT2D eigenvalue weighted by molar-refractivity contribution is 5.97. The maximum absolute atomic E-state index is 13.8. The van der Waals surface area contributed by atoms with Crippen molar-refractivity contribution >= 4 is 11.6 Å². The van der Waals surface area contributed by atoms with Gasteiger partial charge in [0.05, 0.1) is 12.2 Å².